The summed E-state index contributed by atoms with van der Waals surface area (Å²) in [5, 5.41) is 20.6. The molecule has 0 radical (unpaired) electrons. The number of benzene rings is 1. The van der Waals surface area contributed by atoms with Gasteiger partial charge in [0.15, 0.2) is 5.82 Å². The standard InChI is InChI=1S/C12H12N4O2/c17-16(18)10-3-4-11-9(7-10)8-13-14-12(11)15-5-1-2-6-15/h3-4,7-8H,1-2,5-6H2. The van der Waals surface area contributed by atoms with Crippen molar-refractivity contribution >= 4 is 22.3 Å². The summed E-state index contributed by atoms with van der Waals surface area (Å²) in [5.41, 5.74) is 0.0860. The Bertz CT molecular complexity index is 608. The lowest BCUT2D eigenvalue weighted by Crippen LogP contribution is -2.19. The number of hydrogen-bond donors (Lipinski definition) is 0. The minimum Gasteiger partial charge on any atom is -0.355 e. The van der Waals surface area contributed by atoms with Gasteiger partial charge in [-0.25, -0.2) is 0 Å². The van der Waals surface area contributed by atoms with E-state index in [0.717, 1.165) is 42.5 Å². The number of hydrogen-bond acceptors (Lipinski definition) is 5. The Kier molecular flexibility index (Phi) is 2.55. The number of anilines is 1. The Morgan fingerprint density at radius 3 is 2.78 bits per heavy atom. The van der Waals surface area contributed by atoms with Crippen molar-refractivity contribution in [1.82, 2.24) is 10.2 Å². The van der Waals surface area contributed by atoms with E-state index in [9.17, 15) is 10.1 Å². The van der Waals surface area contributed by atoms with Gasteiger partial charge in [-0.15, -0.1) is 5.10 Å². The predicted molar refractivity (Wildman–Crippen MR) is 67.6 cm³/mol. The van der Waals surface area contributed by atoms with Crippen molar-refractivity contribution in [2.24, 2.45) is 0 Å². The molecule has 1 saturated heterocycles. The summed E-state index contributed by atoms with van der Waals surface area (Å²) in [6.45, 7) is 1.95. The topological polar surface area (TPSA) is 72.2 Å². The monoisotopic (exact) mass is 244 g/mol. The Labute approximate surface area is 103 Å². The van der Waals surface area contributed by atoms with Crippen molar-refractivity contribution < 1.29 is 4.92 Å². The van der Waals surface area contributed by atoms with E-state index in [0.29, 0.717) is 0 Å². The summed E-state index contributed by atoms with van der Waals surface area (Å²) in [7, 11) is 0. The third-order valence-electron chi connectivity index (χ3n) is 3.24. The zero-order valence-corrected chi connectivity index (χ0v) is 9.74. The molecule has 1 fully saturated rings. The molecule has 0 N–H and O–H groups in total. The first kappa shape index (κ1) is 10.9. The van der Waals surface area contributed by atoms with Gasteiger partial charge in [0.1, 0.15) is 0 Å². The molecule has 0 bridgehead atoms. The highest BCUT2D eigenvalue weighted by atomic mass is 16.6. The van der Waals surface area contributed by atoms with Crippen LogP contribution in [0, 0.1) is 10.1 Å². The van der Waals surface area contributed by atoms with E-state index in [1.807, 2.05) is 0 Å². The third kappa shape index (κ3) is 1.75. The fourth-order valence-electron chi connectivity index (χ4n) is 2.34. The SMILES string of the molecule is O=[N+]([O-])c1ccc2c(N3CCCC3)nncc2c1. The Balaban J connectivity index is 2.13. The Hall–Kier alpha value is -2.24. The van der Waals surface area contributed by atoms with Crippen LogP contribution in [0.5, 0.6) is 0 Å². The molecule has 3 rings (SSSR count). The van der Waals surface area contributed by atoms with E-state index in [1.165, 1.54) is 6.07 Å². The van der Waals surface area contributed by atoms with E-state index in [-0.39, 0.29) is 5.69 Å². The molecule has 0 aliphatic carbocycles. The van der Waals surface area contributed by atoms with Crippen molar-refractivity contribution in [3.63, 3.8) is 0 Å². The van der Waals surface area contributed by atoms with Crippen LogP contribution in [0.2, 0.25) is 0 Å². The van der Waals surface area contributed by atoms with Crippen LogP contribution in [0.1, 0.15) is 12.8 Å². The van der Waals surface area contributed by atoms with Gasteiger partial charge < -0.3 is 4.90 Å². The van der Waals surface area contributed by atoms with E-state index in [2.05, 4.69) is 15.1 Å². The third-order valence-corrected chi connectivity index (χ3v) is 3.24. The number of fused-ring (bicyclic) bond motifs is 1. The van der Waals surface area contributed by atoms with Crippen molar-refractivity contribution in [2.45, 2.75) is 12.8 Å². The van der Waals surface area contributed by atoms with Gasteiger partial charge in [0, 0.05) is 36.0 Å². The molecule has 6 nitrogen and oxygen atoms in total. The minimum absolute atomic E-state index is 0.0860. The van der Waals surface area contributed by atoms with Crippen LogP contribution in [0.25, 0.3) is 10.8 Å². The lowest BCUT2D eigenvalue weighted by Gasteiger charge is -2.17. The number of non-ortho nitro benzene ring substituents is 1. The first-order chi connectivity index (χ1) is 8.75. The molecular weight excluding hydrogens is 232 g/mol. The summed E-state index contributed by atoms with van der Waals surface area (Å²) >= 11 is 0. The maximum atomic E-state index is 10.7. The second-order valence-corrected chi connectivity index (χ2v) is 4.39. The van der Waals surface area contributed by atoms with Gasteiger partial charge in [0.25, 0.3) is 5.69 Å². The van der Waals surface area contributed by atoms with Crippen LogP contribution in [0.3, 0.4) is 0 Å². The highest BCUT2D eigenvalue weighted by Crippen LogP contribution is 2.28. The lowest BCUT2D eigenvalue weighted by molar-refractivity contribution is -0.384. The number of nitro groups is 1. The first-order valence-electron chi connectivity index (χ1n) is 5.90. The van der Waals surface area contributed by atoms with Crippen LogP contribution in [0.15, 0.2) is 24.4 Å². The molecule has 1 aliphatic rings. The molecule has 1 aliphatic heterocycles. The van der Waals surface area contributed by atoms with E-state index < -0.39 is 4.92 Å². The number of rotatable bonds is 2. The first-order valence-corrected chi connectivity index (χ1v) is 5.90. The van der Waals surface area contributed by atoms with Crippen LogP contribution in [0.4, 0.5) is 11.5 Å². The molecule has 92 valence electrons. The average molecular weight is 244 g/mol. The molecule has 6 heteroatoms. The molecule has 0 saturated carbocycles. The van der Waals surface area contributed by atoms with Gasteiger partial charge in [-0.05, 0) is 18.9 Å². The Morgan fingerprint density at radius 2 is 2.06 bits per heavy atom. The number of aromatic nitrogens is 2. The summed E-state index contributed by atoms with van der Waals surface area (Å²) in [5.74, 6) is 0.833. The number of nitrogens with zero attached hydrogens (tertiary/aromatic N) is 4. The largest absolute Gasteiger partial charge is 0.355 e. The van der Waals surface area contributed by atoms with E-state index >= 15 is 0 Å². The van der Waals surface area contributed by atoms with E-state index in [1.54, 1.807) is 18.3 Å². The van der Waals surface area contributed by atoms with Crippen molar-refractivity contribution in [1.29, 1.82) is 0 Å². The Morgan fingerprint density at radius 1 is 1.28 bits per heavy atom. The molecule has 2 heterocycles. The predicted octanol–water partition coefficient (Wildman–Crippen LogP) is 2.14. The highest BCUT2D eigenvalue weighted by molar-refractivity contribution is 5.92. The zero-order valence-electron chi connectivity index (χ0n) is 9.74. The van der Waals surface area contributed by atoms with Crippen molar-refractivity contribution in [2.75, 3.05) is 18.0 Å². The van der Waals surface area contributed by atoms with Crippen molar-refractivity contribution in [3.8, 4) is 0 Å². The molecule has 0 spiro atoms. The smallest absolute Gasteiger partial charge is 0.270 e. The molecule has 2 aromatic rings. The highest BCUT2D eigenvalue weighted by Gasteiger charge is 2.17. The minimum atomic E-state index is -0.393. The summed E-state index contributed by atoms with van der Waals surface area (Å²) in [6, 6.07) is 4.82. The molecule has 0 amide bonds. The van der Waals surface area contributed by atoms with Crippen LogP contribution < -0.4 is 4.90 Å². The lowest BCUT2D eigenvalue weighted by atomic mass is 10.1. The van der Waals surface area contributed by atoms with Gasteiger partial charge in [-0.1, -0.05) is 0 Å². The quantitative estimate of drug-likeness (QED) is 0.597. The average Bonchev–Trinajstić information content (AvgIpc) is 2.91. The maximum Gasteiger partial charge on any atom is 0.270 e. The molecule has 1 aromatic carbocycles. The van der Waals surface area contributed by atoms with Gasteiger partial charge in [0.2, 0.25) is 0 Å². The molecule has 0 atom stereocenters. The normalized spacial score (nSPS) is 15.2. The van der Waals surface area contributed by atoms with Gasteiger partial charge in [-0.3, -0.25) is 10.1 Å². The molecule has 18 heavy (non-hydrogen) atoms. The second-order valence-electron chi connectivity index (χ2n) is 4.39. The van der Waals surface area contributed by atoms with Gasteiger partial charge >= 0.3 is 0 Å². The van der Waals surface area contributed by atoms with Crippen LogP contribution >= 0.6 is 0 Å². The van der Waals surface area contributed by atoms with Crippen LogP contribution in [-0.4, -0.2) is 28.2 Å². The van der Waals surface area contributed by atoms with Gasteiger partial charge in [0.05, 0.1) is 11.1 Å². The fourth-order valence-corrected chi connectivity index (χ4v) is 2.34. The number of nitro benzene ring substituents is 1. The summed E-state index contributed by atoms with van der Waals surface area (Å²) in [6.07, 6.45) is 3.89. The molecule has 1 aromatic heterocycles. The zero-order chi connectivity index (χ0) is 12.5. The summed E-state index contributed by atoms with van der Waals surface area (Å²) < 4.78 is 0. The second kappa shape index (κ2) is 4.21. The maximum absolute atomic E-state index is 10.7. The summed E-state index contributed by atoms with van der Waals surface area (Å²) in [4.78, 5) is 12.5. The van der Waals surface area contributed by atoms with Gasteiger partial charge in [-0.2, -0.15) is 5.10 Å². The molecular formula is C12H12N4O2. The van der Waals surface area contributed by atoms with Crippen LogP contribution in [-0.2, 0) is 0 Å². The molecule has 0 unspecified atom stereocenters. The van der Waals surface area contributed by atoms with Crippen molar-refractivity contribution in [3.05, 3.63) is 34.5 Å². The fraction of sp³-hybridized carbons (Fsp3) is 0.333. The van der Waals surface area contributed by atoms with E-state index in [4.69, 9.17) is 0 Å².